The summed E-state index contributed by atoms with van der Waals surface area (Å²) in [5.41, 5.74) is 1.07. The molecular formula is C16H23NO3. The van der Waals surface area contributed by atoms with Crippen LogP contribution in [0.4, 0.5) is 0 Å². The van der Waals surface area contributed by atoms with Gasteiger partial charge in [-0.25, -0.2) is 0 Å². The van der Waals surface area contributed by atoms with Gasteiger partial charge in [0.25, 0.3) is 0 Å². The predicted molar refractivity (Wildman–Crippen MR) is 83.4 cm³/mol. The Kier molecular flexibility index (Phi) is 9.66. The highest BCUT2D eigenvalue weighted by Gasteiger charge is 2.06. The molecule has 0 aromatic carbocycles. The van der Waals surface area contributed by atoms with Crippen LogP contribution in [-0.4, -0.2) is 18.4 Å². The second-order valence-corrected chi connectivity index (χ2v) is 4.14. The number of nitrogens with one attached hydrogen (secondary N) is 1. The van der Waals surface area contributed by atoms with Crippen molar-refractivity contribution in [2.24, 2.45) is 0 Å². The number of ether oxygens (including phenoxy) is 1. The van der Waals surface area contributed by atoms with Gasteiger partial charge >= 0.3 is 0 Å². The van der Waals surface area contributed by atoms with Crippen LogP contribution in [0.5, 0.6) is 0 Å². The maximum Gasteiger partial charge on any atom is 0.248 e. The molecule has 0 spiro atoms. The van der Waals surface area contributed by atoms with Crippen molar-refractivity contribution in [1.82, 2.24) is 4.98 Å². The van der Waals surface area contributed by atoms with Gasteiger partial charge in [0, 0.05) is 6.07 Å². The summed E-state index contributed by atoms with van der Waals surface area (Å²) >= 11 is 0. The Balaban J connectivity index is 0.000000621. The average Bonchev–Trinajstić information content (AvgIpc) is 2.46. The fourth-order valence-corrected chi connectivity index (χ4v) is 1.52. The Hall–Kier alpha value is -2.10. The molecular weight excluding hydrogens is 254 g/mol. The monoisotopic (exact) mass is 277 g/mol. The molecule has 0 aliphatic rings. The van der Waals surface area contributed by atoms with E-state index < -0.39 is 0 Å². The van der Waals surface area contributed by atoms with Gasteiger partial charge in [-0.05, 0) is 11.6 Å². The van der Waals surface area contributed by atoms with Crippen LogP contribution in [-0.2, 0) is 9.53 Å². The number of hydrogen-bond acceptors (Lipinski definition) is 3. The van der Waals surface area contributed by atoms with Crippen LogP contribution in [0.1, 0.15) is 44.4 Å². The van der Waals surface area contributed by atoms with Gasteiger partial charge in [0.15, 0.2) is 6.29 Å². The molecule has 0 aliphatic carbocycles. The van der Waals surface area contributed by atoms with E-state index in [9.17, 15) is 9.59 Å². The first-order valence-corrected chi connectivity index (χ1v) is 6.68. The van der Waals surface area contributed by atoms with Crippen LogP contribution in [0, 0.1) is 0 Å². The molecule has 0 unspecified atom stereocenters. The zero-order valence-corrected chi connectivity index (χ0v) is 12.4. The molecule has 0 amide bonds. The Labute approximate surface area is 120 Å². The van der Waals surface area contributed by atoms with Crippen LogP contribution in [0.25, 0.3) is 11.6 Å². The summed E-state index contributed by atoms with van der Waals surface area (Å²) in [5, 5.41) is 0. The van der Waals surface area contributed by atoms with Crippen molar-refractivity contribution in [3.05, 3.63) is 46.6 Å². The molecule has 20 heavy (non-hydrogen) atoms. The summed E-state index contributed by atoms with van der Waals surface area (Å²) in [7, 11) is 1.43. The minimum atomic E-state index is -0.278. The third-order valence-electron chi connectivity index (χ3n) is 2.54. The molecule has 0 bridgehead atoms. The van der Waals surface area contributed by atoms with E-state index in [4.69, 9.17) is 4.74 Å². The minimum Gasteiger partial charge on any atom is -0.504 e. The fourth-order valence-electron chi connectivity index (χ4n) is 1.52. The summed E-state index contributed by atoms with van der Waals surface area (Å²) in [6.45, 7) is 8.02. The van der Waals surface area contributed by atoms with Gasteiger partial charge in [-0.3, -0.25) is 9.59 Å². The first-order chi connectivity index (χ1) is 9.64. The van der Waals surface area contributed by atoms with Crippen molar-refractivity contribution in [3.63, 3.8) is 0 Å². The highest BCUT2D eigenvalue weighted by atomic mass is 16.5. The molecule has 1 aromatic rings. The van der Waals surface area contributed by atoms with Crippen LogP contribution in [0.3, 0.4) is 0 Å². The number of carbonyl (C=O) groups excluding carboxylic acids is 1. The molecule has 1 N–H and O–H groups in total. The zero-order chi connectivity index (χ0) is 15.4. The molecule has 4 nitrogen and oxygen atoms in total. The first kappa shape index (κ1) is 17.9. The lowest BCUT2D eigenvalue weighted by molar-refractivity contribution is -0.103. The number of methoxy groups -OCH3 is 1. The minimum absolute atomic E-state index is 0.269. The summed E-state index contributed by atoms with van der Waals surface area (Å²) in [6.07, 6.45) is 7.51. The Bertz CT molecular complexity index is 499. The Morgan fingerprint density at radius 2 is 2.00 bits per heavy atom. The first-order valence-electron chi connectivity index (χ1n) is 6.68. The largest absolute Gasteiger partial charge is 0.504 e. The maximum absolute atomic E-state index is 11.1. The highest BCUT2D eigenvalue weighted by molar-refractivity contribution is 6.06. The van der Waals surface area contributed by atoms with E-state index in [1.54, 1.807) is 12.1 Å². The lowest BCUT2D eigenvalue weighted by atomic mass is 10.1. The number of aldehydes is 1. The second kappa shape index (κ2) is 10.8. The molecule has 1 rings (SSSR count). The summed E-state index contributed by atoms with van der Waals surface area (Å²) in [4.78, 5) is 24.4. The Morgan fingerprint density at radius 1 is 1.35 bits per heavy atom. The number of aromatic amines is 1. The van der Waals surface area contributed by atoms with Crippen molar-refractivity contribution in [3.8, 4) is 0 Å². The van der Waals surface area contributed by atoms with E-state index in [-0.39, 0.29) is 11.1 Å². The third-order valence-corrected chi connectivity index (χ3v) is 2.54. The van der Waals surface area contributed by atoms with Crippen molar-refractivity contribution in [1.29, 1.82) is 0 Å². The van der Waals surface area contributed by atoms with Gasteiger partial charge in [0.2, 0.25) is 5.56 Å². The SMILES string of the molecule is C=Cc1ccc(=O)[nH]c1/C(C=O)=C/OC.CCCCC. The Morgan fingerprint density at radius 3 is 2.40 bits per heavy atom. The third kappa shape index (κ3) is 6.18. The molecule has 0 radical (unpaired) electrons. The number of allylic oxidation sites excluding steroid dienone is 1. The average molecular weight is 277 g/mol. The van der Waals surface area contributed by atoms with Crippen molar-refractivity contribution < 1.29 is 9.53 Å². The van der Waals surface area contributed by atoms with Gasteiger partial charge in [-0.1, -0.05) is 45.8 Å². The normalized spacial score (nSPS) is 10.2. The molecule has 1 heterocycles. The van der Waals surface area contributed by atoms with E-state index in [1.807, 2.05) is 0 Å². The number of carbonyl (C=O) groups is 1. The van der Waals surface area contributed by atoms with E-state index in [0.717, 1.165) is 0 Å². The highest BCUT2D eigenvalue weighted by Crippen LogP contribution is 2.14. The van der Waals surface area contributed by atoms with Gasteiger partial charge in [-0.2, -0.15) is 0 Å². The summed E-state index contributed by atoms with van der Waals surface area (Å²) < 4.78 is 4.74. The second-order valence-electron chi connectivity index (χ2n) is 4.14. The predicted octanol–water partition coefficient (Wildman–Crippen LogP) is 3.40. The zero-order valence-electron chi connectivity index (χ0n) is 12.4. The van der Waals surface area contributed by atoms with Crippen molar-refractivity contribution >= 4 is 17.9 Å². The smallest absolute Gasteiger partial charge is 0.248 e. The van der Waals surface area contributed by atoms with Crippen molar-refractivity contribution in [2.75, 3.05) is 7.11 Å². The molecule has 110 valence electrons. The lowest BCUT2D eigenvalue weighted by Gasteiger charge is -2.04. The van der Waals surface area contributed by atoms with Gasteiger partial charge < -0.3 is 9.72 Å². The molecule has 0 atom stereocenters. The molecule has 0 fully saturated rings. The van der Waals surface area contributed by atoms with Gasteiger partial charge in [0.1, 0.15) is 0 Å². The fraction of sp³-hybridized carbons (Fsp3) is 0.375. The van der Waals surface area contributed by atoms with Gasteiger partial charge in [-0.15, -0.1) is 0 Å². The molecule has 0 aliphatic heterocycles. The van der Waals surface area contributed by atoms with Crippen LogP contribution >= 0.6 is 0 Å². The number of unbranched alkanes of at least 4 members (excludes halogenated alkanes) is 2. The number of H-pyrrole nitrogens is 1. The molecule has 0 saturated heterocycles. The standard InChI is InChI=1S/C11H11NO3.C5H12/c1-3-8-4-5-10(14)12-11(8)9(6-13)7-15-2;1-3-5-4-2/h3-7H,1H2,2H3,(H,12,14);3-5H2,1-2H3/b9-7+;. The molecule has 0 saturated carbocycles. The van der Waals surface area contributed by atoms with E-state index in [0.29, 0.717) is 17.5 Å². The van der Waals surface area contributed by atoms with E-state index in [2.05, 4.69) is 25.4 Å². The van der Waals surface area contributed by atoms with E-state index in [1.165, 1.54) is 38.7 Å². The molecule has 4 heteroatoms. The maximum atomic E-state index is 11.1. The van der Waals surface area contributed by atoms with Gasteiger partial charge in [0.05, 0.1) is 24.6 Å². The number of aromatic nitrogens is 1. The van der Waals surface area contributed by atoms with E-state index >= 15 is 0 Å². The van der Waals surface area contributed by atoms with Crippen LogP contribution < -0.4 is 5.56 Å². The molecule has 1 aromatic heterocycles. The summed E-state index contributed by atoms with van der Waals surface area (Å²) in [6, 6.07) is 2.96. The van der Waals surface area contributed by atoms with Crippen LogP contribution in [0.2, 0.25) is 0 Å². The lowest BCUT2D eigenvalue weighted by Crippen LogP contribution is -2.08. The number of rotatable bonds is 6. The quantitative estimate of drug-likeness (QED) is 0.492. The number of hydrogen-bond donors (Lipinski definition) is 1. The van der Waals surface area contributed by atoms with Crippen molar-refractivity contribution in [2.45, 2.75) is 33.1 Å². The van der Waals surface area contributed by atoms with Crippen LogP contribution in [0.15, 0.2) is 29.8 Å². The summed E-state index contributed by atoms with van der Waals surface area (Å²) in [5.74, 6) is 0. The topological polar surface area (TPSA) is 59.2 Å². The number of pyridine rings is 1.